The van der Waals surface area contributed by atoms with Gasteiger partial charge in [-0.25, -0.2) is 9.97 Å². The fourth-order valence-corrected chi connectivity index (χ4v) is 2.75. The molecule has 0 saturated carbocycles. The highest BCUT2D eigenvalue weighted by molar-refractivity contribution is 7.98. The lowest BCUT2D eigenvalue weighted by Gasteiger charge is -2.05. The SMILES string of the molecule is CCCNCc1cnc(SCc2ccccc2Cl)nc1. The Labute approximate surface area is 129 Å². The largest absolute Gasteiger partial charge is 0.313 e. The van der Waals surface area contributed by atoms with Gasteiger partial charge in [-0.2, -0.15) is 0 Å². The van der Waals surface area contributed by atoms with Crippen LogP contribution in [-0.4, -0.2) is 16.5 Å². The lowest BCUT2D eigenvalue weighted by molar-refractivity contribution is 0.669. The van der Waals surface area contributed by atoms with Gasteiger partial charge in [-0.3, -0.25) is 0 Å². The molecule has 0 atom stereocenters. The number of rotatable bonds is 7. The molecule has 0 radical (unpaired) electrons. The smallest absolute Gasteiger partial charge is 0.187 e. The molecule has 1 aromatic carbocycles. The average Bonchev–Trinajstić information content (AvgIpc) is 2.48. The van der Waals surface area contributed by atoms with Gasteiger partial charge in [0.2, 0.25) is 0 Å². The lowest BCUT2D eigenvalue weighted by Crippen LogP contribution is -2.14. The van der Waals surface area contributed by atoms with E-state index < -0.39 is 0 Å². The molecule has 106 valence electrons. The Morgan fingerprint density at radius 1 is 1.20 bits per heavy atom. The van der Waals surface area contributed by atoms with Crippen LogP contribution in [0.5, 0.6) is 0 Å². The van der Waals surface area contributed by atoms with Crippen molar-refractivity contribution in [3.05, 3.63) is 52.8 Å². The number of hydrogen-bond acceptors (Lipinski definition) is 4. The second kappa shape index (κ2) is 8.25. The molecule has 0 saturated heterocycles. The summed E-state index contributed by atoms with van der Waals surface area (Å²) in [7, 11) is 0. The minimum Gasteiger partial charge on any atom is -0.313 e. The first-order valence-corrected chi connectivity index (χ1v) is 8.03. The monoisotopic (exact) mass is 307 g/mol. The Morgan fingerprint density at radius 3 is 2.65 bits per heavy atom. The number of nitrogens with zero attached hydrogens (tertiary/aromatic N) is 2. The lowest BCUT2D eigenvalue weighted by atomic mass is 10.2. The maximum atomic E-state index is 6.12. The highest BCUT2D eigenvalue weighted by Crippen LogP contribution is 2.24. The number of halogens is 1. The van der Waals surface area contributed by atoms with Crippen LogP contribution < -0.4 is 5.32 Å². The highest BCUT2D eigenvalue weighted by atomic mass is 35.5. The first-order valence-electron chi connectivity index (χ1n) is 6.67. The summed E-state index contributed by atoms with van der Waals surface area (Å²) in [6, 6.07) is 7.86. The molecule has 0 aliphatic carbocycles. The molecule has 5 heteroatoms. The van der Waals surface area contributed by atoms with Crippen molar-refractivity contribution in [2.24, 2.45) is 0 Å². The van der Waals surface area contributed by atoms with Crippen LogP contribution >= 0.6 is 23.4 Å². The van der Waals surface area contributed by atoms with Gasteiger partial charge < -0.3 is 5.32 Å². The normalized spacial score (nSPS) is 10.7. The first-order chi connectivity index (χ1) is 9.79. The fourth-order valence-electron chi connectivity index (χ4n) is 1.68. The van der Waals surface area contributed by atoms with Gasteiger partial charge in [0.15, 0.2) is 5.16 Å². The van der Waals surface area contributed by atoms with E-state index in [1.165, 1.54) is 0 Å². The van der Waals surface area contributed by atoms with Gasteiger partial charge in [0.1, 0.15) is 0 Å². The Hall–Kier alpha value is -1.10. The van der Waals surface area contributed by atoms with Crippen molar-refractivity contribution in [2.75, 3.05) is 6.54 Å². The molecule has 0 aliphatic rings. The molecule has 2 rings (SSSR count). The Kier molecular flexibility index (Phi) is 6.30. The molecule has 0 unspecified atom stereocenters. The maximum Gasteiger partial charge on any atom is 0.187 e. The van der Waals surface area contributed by atoms with E-state index in [0.717, 1.165) is 46.6 Å². The van der Waals surface area contributed by atoms with Crippen molar-refractivity contribution in [2.45, 2.75) is 30.8 Å². The van der Waals surface area contributed by atoms with Crippen LogP contribution in [0, 0.1) is 0 Å². The third kappa shape index (κ3) is 4.78. The average molecular weight is 308 g/mol. The molecule has 0 amide bonds. The van der Waals surface area contributed by atoms with Gasteiger partial charge in [0, 0.05) is 35.3 Å². The molecular weight excluding hydrogens is 290 g/mol. The molecule has 2 aromatic rings. The Balaban J connectivity index is 1.86. The zero-order valence-electron chi connectivity index (χ0n) is 11.5. The van der Waals surface area contributed by atoms with E-state index in [9.17, 15) is 0 Å². The van der Waals surface area contributed by atoms with Crippen LogP contribution in [0.4, 0.5) is 0 Å². The van der Waals surface area contributed by atoms with Gasteiger partial charge >= 0.3 is 0 Å². The third-order valence-electron chi connectivity index (χ3n) is 2.75. The summed E-state index contributed by atoms with van der Waals surface area (Å²) in [6.45, 7) is 3.99. The molecule has 0 spiro atoms. The van der Waals surface area contributed by atoms with E-state index >= 15 is 0 Å². The van der Waals surface area contributed by atoms with E-state index in [0.29, 0.717) is 0 Å². The predicted octanol–water partition coefficient (Wildman–Crippen LogP) is 3.92. The van der Waals surface area contributed by atoms with Crippen LogP contribution in [-0.2, 0) is 12.3 Å². The first kappa shape index (κ1) is 15.3. The zero-order valence-corrected chi connectivity index (χ0v) is 13.0. The van der Waals surface area contributed by atoms with Crippen molar-refractivity contribution in [1.82, 2.24) is 15.3 Å². The predicted molar refractivity (Wildman–Crippen MR) is 85.0 cm³/mol. The molecule has 1 heterocycles. The van der Waals surface area contributed by atoms with Gasteiger partial charge in [-0.1, -0.05) is 48.5 Å². The van der Waals surface area contributed by atoms with E-state index in [4.69, 9.17) is 11.6 Å². The van der Waals surface area contributed by atoms with Gasteiger partial charge in [-0.05, 0) is 24.6 Å². The standard InChI is InChI=1S/C15H18ClN3S/c1-2-7-17-8-12-9-18-15(19-10-12)20-11-13-5-3-4-6-14(13)16/h3-6,9-10,17H,2,7-8,11H2,1H3. The second-order valence-corrected chi connectivity index (χ2v) is 5.78. The molecule has 1 aromatic heterocycles. The number of benzene rings is 1. The van der Waals surface area contributed by atoms with Gasteiger partial charge in [0.05, 0.1) is 0 Å². The van der Waals surface area contributed by atoms with Crippen molar-refractivity contribution < 1.29 is 0 Å². The summed E-state index contributed by atoms with van der Waals surface area (Å²) >= 11 is 7.72. The quantitative estimate of drug-likeness (QED) is 0.478. The van der Waals surface area contributed by atoms with Crippen LogP contribution in [0.15, 0.2) is 41.8 Å². The Morgan fingerprint density at radius 2 is 1.95 bits per heavy atom. The van der Waals surface area contributed by atoms with Crippen molar-refractivity contribution >= 4 is 23.4 Å². The third-order valence-corrected chi connectivity index (χ3v) is 4.05. The zero-order chi connectivity index (χ0) is 14.2. The number of thioether (sulfide) groups is 1. The number of hydrogen-bond donors (Lipinski definition) is 1. The van der Waals surface area contributed by atoms with E-state index in [1.807, 2.05) is 36.7 Å². The van der Waals surface area contributed by atoms with Crippen LogP contribution in [0.2, 0.25) is 5.02 Å². The van der Waals surface area contributed by atoms with E-state index in [2.05, 4.69) is 22.2 Å². The molecular formula is C15H18ClN3S. The molecule has 0 aliphatic heterocycles. The molecule has 0 fully saturated rings. The van der Waals surface area contributed by atoms with Crippen molar-refractivity contribution in [1.29, 1.82) is 0 Å². The molecule has 20 heavy (non-hydrogen) atoms. The Bertz CT molecular complexity index is 531. The minimum atomic E-state index is 0.782. The number of nitrogens with one attached hydrogen (secondary N) is 1. The summed E-state index contributed by atoms with van der Waals surface area (Å²) in [4.78, 5) is 8.74. The number of aromatic nitrogens is 2. The van der Waals surface area contributed by atoms with Gasteiger partial charge in [0.25, 0.3) is 0 Å². The minimum absolute atomic E-state index is 0.782. The van der Waals surface area contributed by atoms with E-state index in [1.54, 1.807) is 11.8 Å². The summed E-state index contributed by atoms with van der Waals surface area (Å²) < 4.78 is 0. The molecule has 1 N–H and O–H groups in total. The van der Waals surface area contributed by atoms with E-state index in [-0.39, 0.29) is 0 Å². The summed E-state index contributed by atoms with van der Waals surface area (Å²) in [5, 5.41) is 4.91. The molecule has 0 bridgehead atoms. The van der Waals surface area contributed by atoms with Crippen LogP contribution in [0.3, 0.4) is 0 Å². The van der Waals surface area contributed by atoms with Crippen LogP contribution in [0.25, 0.3) is 0 Å². The van der Waals surface area contributed by atoms with Crippen LogP contribution in [0.1, 0.15) is 24.5 Å². The second-order valence-electron chi connectivity index (χ2n) is 4.43. The summed E-state index contributed by atoms with van der Waals surface area (Å²) in [5.74, 6) is 0.785. The van der Waals surface area contributed by atoms with Gasteiger partial charge in [-0.15, -0.1) is 0 Å². The van der Waals surface area contributed by atoms with Crippen molar-refractivity contribution in [3.63, 3.8) is 0 Å². The maximum absolute atomic E-state index is 6.12. The molecule has 3 nitrogen and oxygen atoms in total. The fraction of sp³-hybridized carbons (Fsp3) is 0.333. The van der Waals surface area contributed by atoms with Crippen molar-refractivity contribution in [3.8, 4) is 0 Å². The summed E-state index contributed by atoms with van der Waals surface area (Å²) in [5.41, 5.74) is 2.22. The summed E-state index contributed by atoms with van der Waals surface area (Å²) in [6.07, 6.45) is 4.89. The highest BCUT2D eigenvalue weighted by Gasteiger charge is 2.03. The topological polar surface area (TPSA) is 37.8 Å².